The van der Waals surface area contributed by atoms with Gasteiger partial charge in [-0.15, -0.1) is 0 Å². The number of quaternary nitrogens is 1. The van der Waals surface area contributed by atoms with Crippen molar-refractivity contribution in [3.63, 3.8) is 0 Å². The summed E-state index contributed by atoms with van der Waals surface area (Å²) >= 11 is 0. The SMILES string of the molecule is CCC[N+](Cc1ccccc1)(Cc1ccccc1)C1Oc2ccccc21. The molecule has 0 aliphatic carbocycles. The van der Waals surface area contributed by atoms with Gasteiger partial charge in [-0.3, -0.25) is 4.48 Å². The zero-order valence-corrected chi connectivity index (χ0v) is 15.3. The third kappa shape index (κ3) is 3.25. The van der Waals surface area contributed by atoms with Crippen LogP contribution in [-0.2, 0) is 13.1 Å². The Bertz CT molecular complexity index is 803. The van der Waals surface area contributed by atoms with E-state index in [1.54, 1.807) is 0 Å². The summed E-state index contributed by atoms with van der Waals surface area (Å²) in [6.45, 7) is 5.31. The van der Waals surface area contributed by atoms with Crippen molar-refractivity contribution in [1.82, 2.24) is 0 Å². The molecule has 0 amide bonds. The van der Waals surface area contributed by atoms with E-state index in [1.807, 2.05) is 0 Å². The lowest BCUT2D eigenvalue weighted by Gasteiger charge is -2.48. The minimum absolute atomic E-state index is 0.103. The van der Waals surface area contributed by atoms with Gasteiger partial charge in [-0.05, 0) is 18.6 Å². The maximum absolute atomic E-state index is 6.32. The van der Waals surface area contributed by atoms with Crippen molar-refractivity contribution < 1.29 is 9.22 Å². The fourth-order valence-electron chi connectivity index (χ4n) is 4.16. The van der Waals surface area contributed by atoms with Crippen LogP contribution < -0.4 is 4.74 Å². The highest BCUT2D eigenvalue weighted by Gasteiger charge is 2.46. The minimum atomic E-state index is 0.103. The van der Waals surface area contributed by atoms with Crippen LogP contribution in [0.25, 0.3) is 0 Å². The molecule has 3 aromatic carbocycles. The van der Waals surface area contributed by atoms with Crippen LogP contribution in [0.15, 0.2) is 84.9 Å². The molecule has 1 aliphatic heterocycles. The van der Waals surface area contributed by atoms with E-state index in [2.05, 4.69) is 91.9 Å². The third-order valence-electron chi connectivity index (χ3n) is 5.27. The first-order valence-electron chi connectivity index (χ1n) is 9.50. The zero-order chi connectivity index (χ0) is 17.8. The van der Waals surface area contributed by atoms with Crippen molar-refractivity contribution in [3.8, 4) is 5.75 Å². The lowest BCUT2D eigenvalue weighted by atomic mass is 10.0. The Kier molecular flexibility index (Phi) is 4.77. The third-order valence-corrected chi connectivity index (χ3v) is 5.27. The van der Waals surface area contributed by atoms with E-state index in [0.29, 0.717) is 0 Å². The molecule has 0 bridgehead atoms. The highest BCUT2D eigenvalue weighted by molar-refractivity contribution is 5.40. The van der Waals surface area contributed by atoms with Crippen LogP contribution in [0.1, 0.15) is 36.3 Å². The van der Waals surface area contributed by atoms with Crippen molar-refractivity contribution in [2.75, 3.05) is 6.54 Å². The molecule has 0 spiro atoms. The standard InChI is InChI=1S/C24H26NO/c1-2-17-25(18-20-11-5-3-6-12-20,19-21-13-7-4-8-14-21)24-22-15-9-10-16-23(22)26-24/h3-16,24H,2,17-19H2,1H3/q+1. The summed E-state index contributed by atoms with van der Waals surface area (Å²) < 4.78 is 7.22. The number of para-hydroxylation sites is 1. The number of nitrogens with zero attached hydrogens (tertiary/aromatic N) is 1. The summed E-state index contributed by atoms with van der Waals surface area (Å²) in [4.78, 5) is 0. The van der Waals surface area contributed by atoms with Crippen molar-refractivity contribution in [3.05, 3.63) is 102 Å². The van der Waals surface area contributed by atoms with Gasteiger partial charge < -0.3 is 4.74 Å². The predicted octanol–water partition coefficient (Wildman–Crippen LogP) is 5.70. The van der Waals surface area contributed by atoms with Gasteiger partial charge in [-0.2, -0.15) is 0 Å². The number of benzene rings is 3. The van der Waals surface area contributed by atoms with Gasteiger partial charge in [-0.25, -0.2) is 0 Å². The highest BCUT2D eigenvalue weighted by Crippen LogP contribution is 2.46. The molecule has 4 rings (SSSR count). The van der Waals surface area contributed by atoms with E-state index >= 15 is 0 Å². The van der Waals surface area contributed by atoms with Gasteiger partial charge in [0.2, 0.25) is 0 Å². The molecule has 1 aliphatic rings. The largest absolute Gasteiger partial charge is 0.438 e. The van der Waals surface area contributed by atoms with E-state index in [1.165, 1.54) is 16.7 Å². The Labute approximate surface area is 156 Å². The van der Waals surface area contributed by atoms with Crippen molar-refractivity contribution >= 4 is 0 Å². The van der Waals surface area contributed by atoms with Gasteiger partial charge in [0.15, 0.2) is 0 Å². The molecule has 0 radical (unpaired) electrons. The molecule has 132 valence electrons. The van der Waals surface area contributed by atoms with Crippen LogP contribution in [0.4, 0.5) is 0 Å². The smallest absolute Gasteiger partial charge is 0.264 e. The van der Waals surface area contributed by atoms with E-state index in [-0.39, 0.29) is 6.23 Å². The fraction of sp³-hybridized carbons (Fsp3) is 0.250. The van der Waals surface area contributed by atoms with E-state index < -0.39 is 0 Å². The molecule has 1 heterocycles. The lowest BCUT2D eigenvalue weighted by molar-refractivity contribution is -1.00. The minimum Gasteiger partial charge on any atom is -0.438 e. The van der Waals surface area contributed by atoms with E-state index in [9.17, 15) is 0 Å². The second-order valence-electron chi connectivity index (χ2n) is 7.24. The number of ether oxygens (including phenoxy) is 1. The summed E-state index contributed by atoms with van der Waals surface area (Å²) in [5, 5.41) is 0. The second-order valence-corrected chi connectivity index (χ2v) is 7.24. The molecule has 1 unspecified atom stereocenters. The first-order chi connectivity index (χ1) is 12.8. The van der Waals surface area contributed by atoms with Crippen molar-refractivity contribution in [2.45, 2.75) is 32.7 Å². The lowest BCUT2D eigenvalue weighted by Crippen LogP contribution is -2.54. The Morgan fingerprint density at radius 3 is 1.81 bits per heavy atom. The average Bonchev–Trinajstić information content (AvgIpc) is 2.65. The molecular weight excluding hydrogens is 318 g/mol. The Balaban J connectivity index is 1.73. The van der Waals surface area contributed by atoms with Crippen LogP contribution in [0.5, 0.6) is 5.75 Å². The molecular formula is C24H26NO+. The van der Waals surface area contributed by atoms with Crippen LogP contribution in [-0.4, -0.2) is 11.0 Å². The van der Waals surface area contributed by atoms with Crippen molar-refractivity contribution in [1.29, 1.82) is 0 Å². The molecule has 2 heteroatoms. The molecule has 0 saturated heterocycles. The van der Waals surface area contributed by atoms with Gasteiger partial charge >= 0.3 is 0 Å². The quantitative estimate of drug-likeness (QED) is 0.499. The normalized spacial score (nSPS) is 15.7. The van der Waals surface area contributed by atoms with Gasteiger partial charge in [0.25, 0.3) is 6.23 Å². The second kappa shape index (κ2) is 7.35. The number of rotatable bonds is 7. The van der Waals surface area contributed by atoms with E-state index in [4.69, 9.17) is 4.74 Å². The highest BCUT2D eigenvalue weighted by atomic mass is 16.5. The summed E-state index contributed by atoms with van der Waals surface area (Å²) in [5.74, 6) is 1.04. The maximum Gasteiger partial charge on any atom is 0.264 e. The molecule has 0 fully saturated rings. The number of hydrogen-bond donors (Lipinski definition) is 0. The summed E-state index contributed by atoms with van der Waals surface area (Å²) in [7, 11) is 0. The summed E-state index contributed by atoms with van der Waals surface area (Å²) in [5.41, 5.74) is 4.07. The number of fused-ring (bicyclic) bond motifs is 1. The molecule has 1 atom stereocenters. The zero-order valence-electron chi connectivity index (χ0n) is 15.3. The average molecular weight is 344 g/mol. The summed E-state index contributed by atoms with van der Waals surface area (Å²) in [6.07, 6.45) is 1.23. The Morgan fingerprint density at radius 1 is 0.731 bits per heavy atom. The van der Waals surface area contributed by atoms with E-state index in [0.717, 1.165) is 36.3 Å². The molecule has 3 aromatic rings. The number of hydrogen-bond acceptors (Lipinski definition) is 1. The molecule has 0 saturated carbocycles. The molecule has 0 N–H and O–H groups in total. The van der Waals surface area contributed by atoms with Gasteiger partial charge in [0.1, 0.15) is 18.8 Å². The van der Waals surface area contributed by atoms with Crippen molar-refractivity contribution in [2.24, 2.45) is 0 Å². The first-order valence-corrected chi connectivity index (χ1v) is 9.50. The van der Waals surface area contributed by atoms with Crippen LogP contribution in [0.2, 0.25) is 0 Å². The molecule has 2 nitrogen and oxygen atoms in total. The van der Waals surface area contributed by atoms with Crippen LogP contribution in [0, 0.1) is 0 Å². The summed E-state index contributed by atoms with van der Waals surface area (Å²) in [6, 6.07) is 30.1. The predicted molar refractivity (Wildman–Crippen MR) is 106 cm³/mol. The maximum atomic E-state index is 6.32. The van der Waals surface area contributed by atoms with Gasteiger partial charge in [-0.1, -0.05) is 79.7 Å². The Hall–Kier alpha value is -2.58. The van der Waals surface area contributed by atoms with Crippen LogP contribution in [0.3, 0.4) is 0 Å². The van der Waals surface area contributed by atoms with Crippen LogP contribution >= 0.6 is 0 Å². The van der Waals surface area contributed by atoms with Gasteiger partial charge in [0.05, 0.1) is 12.1 Å². The molecule has 26 heavy (non-hydrogen) atoms. The molecule has 0 aromatic heterocycles. The fourth-order valence-corrected chi connectivity index (χ4v) is 4.16. The van der Waals surface area contributed by atoms with Gasteiger partial charge in [0, 0.05) is 11.1 Å². The topological polar surface area (TPSA) is 9.23 Å². The Morgan fingerprint density at radius 2 is 1.27 bits per heavy atom. The first kappa shape index (κ1) is 16.9. The monoisotopic (exact) mass is 344 g/mol.